The van der Waals surface area contributed by atoms with Gasteiger partial charge in [-0.1, -0.05) is 6.07 Å². The lowest BCUT2D eigenvalue weighted by atomic mass is 10.1. The molecular weight excluding hydrogens is 388 g/mol. The van der Waals surface area contributed by atoms with Crippen molar-refractivity contribution in [3.05, 3.63) is 57.1 Å². The Morgan fingerprint density at radius 1 is 1.21 bits per heavy atom. The van der Waals surface area contributed by atoms with Gasteiger partial charge in [-0.25, -0.2) is 9.59 Å². The van der Waals surface area contributed by atoms with Crippen molar-refractivity contribution in [1.29, 1.82) is 0 Å². The summed E-state index contributed by atoms with van der Waals surface area (Å²) in [6.45, 7) is -0.342. The number of nitrogens with zero attached hydrogens (tertiary/aromatic N) is 2. The van der Waals surface area contributed by atoms with Crippen LogP contribution in [0.5, 0.6) is 0 Å². The highest BCUT2D eigenvalue weighted by Crippen LogP contribution is 2.38. The van der Waals surface area contributed by atoms with Gasteiger partial charge >= 0.3 is 11.9 Å². The summed E-state index contributed by atoms with van der Waals surface area (Å²) in [7, 11) is 2.33. The molecule has 1 aliphatic rings. The predicted octanol–water partition coefficient (Wildman–Crippen LogP) is 2.72. The zero-order chi connectivity index (χ0) is 20.3. The zero-order valence-corrected chi connectivity index (χ0v) is 15.9. The predicted molar refractivity (Wildman–Crippen MR) is 101 cm³/mol. The first-order valence-electron chi connectivity index (χ1n) is 8.05. The number of ether oxygens (including phenoxy) is 3. The molecule has 1 aromatic carbocycles. The maximum atomic E-state index is 12.4. The van der Waals surface area contributed by atoms with E-state index in [1.165, 1.54) is 29.4 Å². The molecule has 1 aliphatic heterocycles. The van der Waals surface area contributed by atoms with Gasteiger partial charge in [0, 0.05) is 10.9 Å². The van der Waals surface area contributed by atoms with Gasteiger partial charge in [-0.15, -0.1) is 11.3 Å². The molecule has 28 heavy (non-hydrogen) atoms. The van der Waals surface area contributed by atoms with Crippen molar-refractivity contribution in [3.63, 3.8) is 0 Å². The van der Waals surface area contributed by atoms with Gasteiger partial charge in [0.25, 0.3) is 5.69 Å². The highest BCUT2D eigenvalue weighted by molar-refractivity contribution is 7.13. The van der Waals surface area contributed by atoms with E-state index in [1.807, 2.05) is 17.5 Å². The lowest BCUT2D eigenvalue weighted by Crippen LogP contribution is -2.39. The molecule has 0 N–H and O–H groups in total. The highest BCUT2D eigenvalue weighted by atomic mass is 32.1. The molecule has 3 rings (SSSR count). The minimum atomic E-state index is -0.820. The van der Waals surface area contributed by atoms with Gasteiger partial charge in [0.05, 0.1) is 31.3 Å². The second-order valence-corrected chi connectivity index (χ2v) is 6.60. The summed E-state index contributed by atoms with van der Waals surface area (Å²) in [6.07, 6.45) is 0. The second kappa shape index (κ2) is 8.19. The van der Waals surface area contributed by atoms with Gasteiger partial charge in [-0.05, 0) is 29.1 Å². The number of benzene rings is 1. The molecule has 0 amide bonds. The first kappa shape index (κ1) is 19.5. The monoisotopic (exact) mass is 404 g/mol. The van der Waals surface area contributed by atoms with E-state index in [2.05, 4.69) is 0 Å². The number of carbonyl (C=O) groups is 2. The molecule has 0 fully saturated rings. The van der Waals surface area contributed by atoms with E-state index in [0.717, 1.165) is 17.6 Å². The van der Waals surface area contributed by atoms with Gasteiger partial charge in [-0.3, -0.25) is 10.1 Å². The fraction of sp³-hybridized carbons (Fsp3) is 0.222. The molecule has 2 aromatic rings. The SMILES string of the molecule is COC(=O)C1=C(C(=O)OC)N(c2cc(-c3cccs3)ccc2[N+](=O)[O-])COC1. The van der Waals surface area contributed by atoms with E-state index in [4.69, 9.17) is 14.2 Å². The Morgan fingerprint density at radius 3 is 2.57 bits per heavy atom. The maximum Gasteiger partial charge on any atom is 0.355 e. The minimum Gasteiger partial charge on any atom is -0.466 e. The lowest BCUT2D eigenvalue weighted by Gasteiger charge is -2.31. The maximum absolute atomic E-state index is 12.4. The summed E-state index contributed by atoms with van der Waals surface area (Å²) in [6, 6.07) is 8.29. The standard InChI is InChI=1S/C18H16N2O7S/c1-25-17(21)12-9-27-10-19(16(12)18(22)26-2)14-8-11(15-4-3-7-28-15)5-6-13(14)20(23)24/h3-8H,9-10H2,1-2H3. The van der Waals surface area contributed by atoms with Crippen LogP contribution in [0.4, 0.5) is 11.4 Å². The Hall–Kier alpha value is -3.24. The van der Waals surface area contributed by atoms with Crippen molar-refractivity contribution >= 4 is 34.7 Å². The first-order valence-corrected chi connectivity index (χ1v) is 8.93. The number of thiophene rings is 1. The minimum absolute atomic E-state index is 0.0728. The van der Waals surface area contributed by atoms with E-state index >= 15 is 0 Å². The zero-order valence-electron chi connectivity index (χ0n) is 15.0. The number of nitro groups is 1. The number of anilines is 1. The third kappa shape index (κ3) is 3.59. The summed E-state index contributed by atoms with van der Waals surface area (Å²) in [5.41, 5.74) is 0.377. The third-order valence-corrected chi connectivity index (χ3v) is 5.02. The number of esters is 2. The van der Waals surface area contributed by atoms with Crippen LogP contribution >= 0.6 is 11.3 Å². The molecule has 0 saturated carbocycles. The van der Waals surface area contributed by atoms with Crippen molar-refractivity contribution in [3.8, 4) is 10.4 Å². The molecule has 0 aliphatic carbocycles. The van der Waals surface area contributed by atoms with Gasteiger partial charge in [0.1, 0.15) is 18.1 Å². The summed E-state index contributed by atoms with van der Waals surface area (Å²) < 4.78 is 14.9. The number of methoxy groups -OCH3 is 2. The average Bonchev–Trinajstić information content (AvgIpc) is 3.26. The second-order valence-electron chi connectivity index (χ2n) is 5.65. The molecule has 9 nitrogen and oxygen atoms in total. The smallest absolute Gasteiger partial charge is 0.355 e. The molecule has 0 bridgehead atoms. The third-order valence-electron chi connectivity index (χ3n) is 4.10. The van der Waals surface area contributed by atoms with Crippen LogP contribution in [-0.2, 0) is 23.8 Å². The number of hydrogen-bond acceptors (Lipinski definition) is 9. The Kier molecular flexibility index (Phi) is 5.71. The summed E-state index contributed by atoms with van der Waals surface area (Å²) in [5, 5.41) is 13.5. The lowest BCUT2D eigenvalue weighted by molar-refractivity contribution is -0.384. The van der Waals surface area contributed by atoms with Gasteiger partial charge in [0.15, 0.2) is 0 Å². The Labute approximate surface area is 163 Å². The van der Waals surface area contributed by atoms with Crippen molar-refractivity contribution in [2.45, 2.75) is 0 Å². The van der Waals surface area contributed by atoms with Crippen molar-refractivity contribution in [1.82, 2.24) is 0 Å². The van der Waals surface area contributed by atoms with Crippen LogP contribution < -0.4 is 4.90 Å². The van der Waals surface area contributed by atoms with E-state index < -0.39 is 16.9 Å². The van der Waals surface area contributed by atoms with E-state index in [0.29, 0.717) is 0 Å². The largest absolute Gasteiger partial charge is 0.466 e. The number of nitro benzene ring substituents is 1. The van der Waals surface area contributed by atoms with Crippen molar-refractivity contribution in [2.75, 3.05) is 32.5 Å². The highest BCUT2D eigenvalue weighted by Gasteiger charge is 2.35. The van der Waals surface area contributed by atoms with Crippen LogP contribution in [0.2, 0.25) is 0 Å². The van der Waals surface area contributed by atoms with Crippen LogP contribution in [0, 0.1) is 10.1 Å². The molecule has 0 spiro atoms. The molecule has 2 heterocycles. The summed E-state index contributed by atoms with van der Waals surface area (Å²) in [4.78, 5) is 37.7. The molecule has 0 atom stereocenters. The molecule has 1 aromatic heterocycles. The van der Waals surface area contributed by atoms with Crippen LogP contribution in [0.1, 0.15) is 0 Å². The fourth-order valence-corrected chi connectivity index (χ4v) is 3.55. The van der Waals surface area contributed by atoms with Gasteiger partial charge in [0.2, 0.25) is 0 Å². The number of carbonyl (C=O) groups excluding carboxylic acids is 2. The summed E-state index contributed by atoms with van der Waals surface area (Å²) in [5.74, 6) is -1.60. The molecule has 0 radical (unpaired) electrons. The Bertz CT molecular complexity index is 953. The van der Waals surface area contributed by atoms with Gasteiger partial charge < -0.3 is 19.1 Å². The van der Waals surface area contributed by atoms with Crippen LogP contribution in [0.25, 0.3) is 10.4 Å². The Morgan fingerprint density at radius 2 is 1.96 bits per heavy atom. The van der Waals surface area contributed by atoms with E-state index in [9.17, 15) is 19.7 Å². The fourth-order valence-electron chi connectivity index (χ4n) is 2.82. The number of hydrogen-bond donors (Lipinski definition) is 0. The molecular formula is C18H16N2O7S. The molecule has 0 unspecified atom stereocenters. The van der Waals surface area contributed by atoms with Crippen LogP contribution in [0.15, 0.2) is 47.0 Å². The average molecular weight is 404 g/mol. The molecule has 146 valence electrons. The van der Waals surface area contributed by atoms with Crippen LogP contribution in [-0.4, -0.2) is 44.4 Å². The van der Waals surface area contributed by atoms with Crippen LogP contribution in [0.3, 0.4) is 0 Å². The van der Waals surface area contributed by atoms with E-state index in [-0.39, 0.29) is 36.0 Å². The summed E-state index contributed by atoms with van der Waals surface area (Å²) >= 11 is 1.47. The van der Waals surface area contributed by atoms with Crippen molar-refractivity contribution < 1.29 is 28.7 Å². The molecule has 0 saturated heterocycles. The normalized spacial score (nSPS) is 14.0. The van der Waals surface area contributed by atoms with Gasteiger partial charge in [-0.2, -0.15) is 0 Å². The number of rotatable bonds is 5. The topological polar surface area (TPSA) is 108 Å². The van der Waals surface area contributed by atoms with E-state index in [1.54, 1.807) is 12.1 Å². The quantitative estimate of drug-likeness (QED) is 0.425. The van der Waals surface area contributed by atoms with Crippen molar-refractivity contribution in [2.24, 2.45) is 0 Å². The molecule has 10 heteroatoms. The Balaban J connectivity index is 2.21. The first-order chi connectivity index (χ1) is 13.5.